The number of amides is 2. The van der Waals surface area contributed by atoms with Crippen LogP contribution in [0.15, 0.2) is 35.8 Å². The number of aromatic nitrogens is 3. The normalized spacial score (nSPS) is 18.2. The second kappa shape index (κ2) is 9.32. The SMILES string of the molecule is Cc1ncc(C(=O)N2CCC[C@H](C(=O)NCc3nc(-c4ccc(C#N)cc4)cs3)[C@@H]2C)[nH]1. The number of nitriles is 1. The third-order valence-corrected chi connectivity index (χ3v) is 6.64. The van der Waals surface area contributed by atoms with Crippen LogP contribution in [-0.2, 0) is 11.3 Å². The summed E-state index contributed by atoms with van der Waals surface area (Å²) in [6.45, 7) is 4.70. The van der Waals surface area contributed by atoms with Crippen molar-refractivity contribution in [2.75, 3.05) is 6.54 Å². The number of aromatic amines is 1. The Morgan fingerprint density at radius 2 is 2.12 bits per heavy atom. The lowest BCUT2D eigenvalue weighted by molar-refractivity contribution is -0.128. The maximum absolute atomic E-state index is 12.9. The molecule has 2 N–H and O–H groups in total. The number of thiazole rings is 1. The highest BCUT2D eigenvalue weighted by Crippen LogP contribution is 2.26. The molecule has 0 saturated carbocycles. The molecule has 8 nitrogen and oxygen atoms in total. The van der Waals surface area contributed by atoms with Crippen molar-refractivity contribution in [2.45, 2.75) is 39.3 Å². The Bertz CT molecular complexity index is 1160. The molecule has 0 spiro atoms. The summed E-state index contributed by atoms with van der Waals surface area (Å²) in [4.78, 5) is 39.2. The number of piperidine rings is 1. The summed E-state index contributed by atoms with van der Waals surface area (Å²) in [6, 6.07) is 9.16. The van der Waals surface area contributed by atoms with Crippen molar-refractivity contribution in [3.8, 4) is 17.3 Å². The number of nitrogens with zero attached hydrogens (tertiary/aromatic N) is 4. The topological polar surface area (TPSA) is 115 Å². The van der Waals surface area contributed by atoms with Crippen LogP contribution in [-0.4, -0.2) is 44.3 Å². The molecule has 3 aromatic rings. The molecule has 32 heavy (non-hydrogen) atoms. The number of carbonyl (C=O) groups excluding carboxylic acids is 2. The van der Waals surface area contributed by atoms with Crippen LogP contribution in [0, 0.1) is 24.2 Å². The van der Waals surface area contributed by atoms with Crippen LogP contribution in [0.5, 0.6) is 0 Å². The number of likely N-dealkylation sites (tertiary alicyclic amines) is 1. The van der Waals surface area contributed by atoms with Gasteiger partial charge in [0.2, 0.25) is 5.91 Å². The second-order valence-electron chi connectivity index (χ2n) is 7.90. The van der Waals surface area contributed by atoms with Crippen molar-refractivity contribution >= 4 is 23.2 Å². The predicted molar refractivity (Wildman–Crippen MR) is 121 cm³/mol. The average molecular weight is 449 g/mol. The van der Waals surface area contributed by atoms with E-state index in [1.165, 1.54) is 11.3 Å². The summed E-state index contributed by atoms with van der Waals surface area (Å²) in [7, 11) is 0. The Balaban J connectivity index is 1.37. The predicted octanol–water partition coefficient (Wildman–Crippen LogP) is 3.27. The van der Waals surface area contributed by atoms with Gasteiger partial charge in [0.15, 0.2) is 0 Å². The monoisotopic (exact) mass is 448 g/mol. The van der Waals surface area contributed by atoms with E-state index >= 15 is 0 Å². The smallest absolute Gasteiger partial charge is 0.272 e. The minimum Gasteiger partial charge on any atom is -0.349 e. The van der Waals surface area contributed by atoms with Gasteiger partial charge in [-0.25, -0.2) is 9.97 Å². The first-order valence-electron chi connectivity index (χ1n) is 10.5. The Hall–Kier alpha value is -3.51. The van der Waals surface area contributed by atoms with Gasteiger partial charge in [0.25, 0.3) is 5.91 Å². The first kappa shape index (κ1) is 21.7. The van der Waals surface area contributed by atoms with Gasteiger partial charge < -0.3 is 15.2 Å². The summed E-state index contributed by atoms with van der Waals surface area (Å²) >= 11 is 1.48. The van der Waals surface area contributed by atoms with Crippen molar-refractivity contribution in [1.82, 2.24) is 25.2 Å². The van der Waals surface area contributed by atoms with Gasteiger partial charge in [-0.05, 0) is 38.8 Å². The molecule has 1 aliphatic rings. The molecule has 1 saturated heterocycles. The van der Waals surface area contributed by atoms with Crippen LogP contribution < -0.4 is 5.32 Å². The van der Waals surface area contributed by atoms with Crippen LogP contribution in [0.3, 0.4) is 0 Å². The first-order valence-corrected chi connectivity index (χ1v) is 11.4. The van der Waals surface area contributed by atoms with E-state index in [2.05, 4.69) is 26.3 Å². The van der Waals surface area contributed by atoms with Gasteiger partial charge in [0.1, 0.15) is 16.5 Å². The van der Waals surface area contributed by atoms with Gasteiger partial charge in [-0.15, -0.1) is 11.3 Å². The Kier molecular flexibility index (Phi) is 6.32. The lowest BCUT2D eigenvalue weighted by Crippen LogP contribution is -2.51. The van der Waals surface area contributed by atoms with Crippen LogP contribution >= 0.6 is 11.3 Å². The van der Waals surface area contributed by atoms with Crippen LogP contribution in [0.1, 0.15) is 46.6 Å². The maximum atomic E-state index is 12.9. The van der Waals surface area contributed by atoms with Gasteiger partial charge in [-0.1, -0.05) is 12.1 Å². The molecule has 2 aromatic heterocycles. The van der Waals surface area contributed by atoms with Gasteiger partial charge in [0.05, 0.1) is 36.0 Å². The molecule has 4 rings (SSSR count). The number of nitrogens with one attached hydrogen (secondary N) is 2. The van der Waals surface area contributed by atoms with E-state index in [-0.39, 0.29) is 23.8 Å². The minimum absolute atomic E-state index is 0.0640. The molecule has 3 heterocycles. The molecule has 1 aromatic carbocycles. The van der Waals surface area contributed by atoms with Crippen LogP contribution in [0.4, 0.5) is 0 Å². The Labute approximate surface area is 190 Å². The van der Waals surface area contributed by atoms with E-state index in [4.69, 9.17) is 5.26 Å². The van der Waals surface area contributed by atoms with Crippen molar-refractivity contribution in [2.24, 2.45) is 5.92 Å². The molecule has 0 radical (unpaired) electrons. The van der Waals surface area contributed by atoms with E-state index in [0.29, 0.717) is 30.2 Å². The van der Waals surface area contributed by atoms with Crippen LogP contribution in [0.25, 0.3) is 11.3 Å². The Morgan fingerprint density at radius 1 is 1.34 bits per heavy atom. The third kappa shape index (κ3) is 4.55. The van der Waals surface area contributed by atoms with Gasteiger partial charge in [-0.3, -0.25) is 9.59 Å². The fraction of sp³-hybridized carbons (Fsp3) is 0.348. The average Bonchev–Trinajstić information content (AvgIpc) is 3.46. The van der Waals surface area contributed by atoms with Crippen molar-refractivity contribution in [3.05, 3.63) is 57.9 Å². The number of imidazole rings is 1. The molecule has 0 unspecified atom stereocenters. The van der Waals surface area contributed by atoms with E-state index in [0.717, 1.165) is 29.1 Å². The van der Waals surface area contributed by atoms with E-state index in [1.54, 1.807) is 30.2 Å². The number of aryl methyl sites for hydroxylation is 1. The highest BCUT2D eigenvalue weighted by atomic mass is 32.1. The maximum Gasteiger partial charge on any atom is 0.272 e. The van der Waals surface area contributed by atoms with Crippen molar-refractivity contribution in [3.63, 3.8) is 0 Å². The van der Waals surface area contributed by atoms with E-state index in [9.17, 15) is 9.59 Å². The molecule has 0 bridgehead atoms. The molecule has 2 amide bonds. The number of hydrogen-bond donors (Lipinski definition) is 2. The fourth-order valence-corrected chi connectivity index (χ4v) is 4.74. The minimum atomic E-state index is -0.269. The standard InChI is InChI=1S/C23H24N6O2S/c1-14-18(4-3-9-29(14)23(31)19-11-25-15(2)27-19)22(30)26-12-21-28-20(13-32-21)17-7-5-16(10-24)6-8-17/h5-8,11,13-14,18H,3-4,9,12H2,1-2H3,(H,25,27)(H,26,30)/t14-,18-/m0/s1. The molecule has 164 valence electrons. The summed E-state index contributed by atoms with van der Waals surface area (Å²) in [5.41, 5.74) is 2.81. The molecular formula is C23H24N6O2S. The molecule has 2 atom stereocenters. The quantitative estimate of drug-likeness (QED) is 0.622. The van der Waals surface area contributed by atoms with Gasteiger partial charge in [-0.2, -0.15) is 5.26 Å². The lowest BCUT2D eigenvalue weighted by Gasteiger charge is -2.38. The number of carbonyl (C=O) groups is 2. The zero-order valence-corrected chi connectivity index (χ0v) is 18.8. The second-order valence-corrected chi connectivity index (χ2v) is 8.85. The number of rotatable bonds is 5. The first-order chi connectivity index (χ1) is 15.5. The molecule has 1 fully saturated rings. The number of benzene rings is 1. The lowest BCUT2D eigenvalue weighted by atomic mass is 9.89. The third-order valence-electron chi connectivity index (χ3n) is 5.79. The summed E-state index contributed by atoms with van der Waals surface area (Å²) in [5, 5.41) is 14.7. The highest BCUT2D eigenvalue weighted by molar-refractivity contribution is 7.09. The van der Waals surface area contributed by atoms with Crippen molar-refractivity contribution < 1.29 is 9.59 Å². The van der Waals surface area contributed by atoms with E-state index in [1.807, 2.05) is 24.4 Å². The van der Waals surface area contributed by atoms with E-state index < -0.39 is 0 Å². The summed E-state index contributed by atoms with van der Waals surface area (Å²) in [6.07, 6.45) is 3.07. The summed E-state index contributed by atoms with van der Waals surface area (Å²) < 4.78 is 0. The number of hydrogen-bond acceptors (Lipinski definition) is 6. The Morgan fingerprint density at radius 3 is 2.81 bits per heavy atom. The largest absolute Gasteiger partial charge is 0.349 e. The van der Waals surface area contributed by atoms with Crippen molar-refractivity contribution in [1.29, 1.82) is 5.26 Å². The van der Waals surface area contributed by atoms with Gasteiger partial charge in [0, 0.05) is 23.5 Å². The highest BCUT2D eigenvalue weighted by Gasteiger charge is 2.36. The zero-order chi connectivity index (χ0) is 22.7. The zero-order valence-electron chi connectivity index (χ0n) is 18.0. The molecule has 1 aliphatic heterocycles. The van der Waals surface area contributed by atoms with Crippen LogP contribution in [0.2, 0.25) is 0 Å². The van der Waals surface area contributed by atoms with Gasteiger partial charge >= 0.3 is 0 Å². The summed E-state index contributed by atoms with van der Waals surface area (Å²) in [5.74, 6) is 0.235. The molecular weight excluding hydrogens is 424 g/mol. The fourth-order valence-electron chi connectivity index (χ4n) is 4.00. The molecule has 9 heteroatoms. The number of H-pyrrole nitrogens is 1. The molecule has 0 aliphatic carbocycles.